The maximum Gasteiger partial charge on any atom is 0.176 e. The maximum atomic E-state index is 14.0. The van der Waals surface area contributed by atoms with E-state index in [2.05, 4.69) is 20.8 Å². The van der Waals surface area contributed by atoms with Crippen LogP contribution in [0.25, 0.3) is 0 Å². The summed E-state index contributed by atoms with van der Waals surface area (Å²) >= 11 is 0. The van der Waals surface area contributed by atoms with Crippen molar-refractivity contribution in [2.75, 3.05) is 0 Å². The summed E-state index contributed by atoms with van der Waals surface area (Å²) in [7, 11) is 1.61. The zero-order chi connectivity index (χ0) is 14.0. The summed E-state index contributed by atoms with van der Waals surface area (Å²) in [6, 6.07) is 1.83. The van der Waals surface area contributed by atoms with Crippen molar-refractivity contribution >= 4 is 0 Å². The van der Waals surface area contributed by atoms with E-state index in [0.717, 1.165) is 0 Å². The Morgan fingerprint density at radius 1 is 1.42 bits per heavy atom. The van der Waals surface area contributed by atoms with Gasteiger partial charge in [0.1, 0.15) is 11.6 Å². The monoisotopic (exact) mass is 268 g/mol. The summed E-state index contributed by atoms with van der Waals surface area (Å²) in [5.74, 6) is 4.46. The quantitative estimate of drug-likeness (QED) is 0.625. The van der Waals surface area contributed by atoms with E-state index < -0.39 is 17.7 Å². The Hall–Kier alpha value is -1.93. The first-order valence-corrected chi connectivity index (χ1v) is 5.66. The molecule has 0 aliphatic carbocycles. The van der Waals surface area contributed by atoms with E-state index in [-0.39, 0.29) is 12.0 Å². The topological polar surface area (TPSA) is 81.7 Å². The van der Waals surface area contributed by atoms with Gasteiger partial charge in [0.05, 0.1) is 13.1 Å². The Morgan fingerprint density at radius 3 is 2.74 bits per heavy atom. The van der Waals surface area contributed by atoms with Crippen molar-refractivity contribution in [3.8, 4) is 0 Å². The van der Waals surface area contributed by atoms with Crippen molar-refractivity contribution in [2.45, 2.75) is 19.4 Å². The van der Waals surface area contributed by atoms with Crippen LogP contribution < -0.4 is 11.3 Å². The van der Waals surface area contributed by atoms with Crippen molar-refractivity contribution in [2.24, 2.45) is 12.9 Å². The highest BCUT2D eigenvalue weighted by molar-refractivity contribution is 5.29. The number of aryl methyl sites for hydroxylation is 2. The fraction of sp³-hybridized carbons (Fsp3) is 0.364. The number of hydrogen-bond donors (Lipinski definition) is 2. The number of nitrogens with one attached hydrogen (secondary N) is 1. The van der Waals surface area contributed by atoms with Crippen LogP contribution in [0.3, 0.4) is 0 Å². The van der Waals surface area contributed by atoms with E-state index in [1.54, 1.807) is 14.0 Å². The van der Waals surface area contributed by atoms with Gasteiger partial charge in [-0.2, -0.15) is 4.80 Å². The van der Waals surface area contributed by atoms with Crippen LogP contribution in [-0.4, -0.2) is 20.2 Å². The van der Waals surface area contributed by atoms with Gasteiger partial charge in [0, 0.05) is 12.0 Å². The molecular weight excluding hydrogens is 254 g/mol. The molecule has 1 unspecified atom stereocenters. The van der Waals surface area contributed by atoms with E-state index in [0.29, 0.717) is 11.4 Å². The van der Waals surface area contributed by atoms with Crippen LogP contribution in [0.1, 0.15) is 23.0 Å². The summed E-state index contributed by atoms with van der Waals surface area (Å²) in [5, 5.41) is 11.4. The van der Waals surface area contributed by atoms with Gasteiger partial charge in [-0.15, -0.1) is 10.2 Å². The number of tetrazole rings is 1. The van der Waals surface area contributed by atoms with Gasteiger partial charge >= 0.3 is 0 Å². The molecule has 1 atom stereocenters. The molecule has 1 heterocycles. The molecular formula is C11H14F2N6. The first-order chi connectivity index (χ1) is 9.02. The van der Waals surface area contributed by atoms with Crippen molar-refractivity contribution in [3.63, 3.8) is 0 Å². The van der Waals surface area contributed by atoms with Crippen LogP contribution in [0.5, 0.6) is 0 Å². The van der Waals surface area contributed by atoms with E-state index in [1.165, 1.54) is 16.9 Å². The zero-order valence-corrected chi connectivity index (χ0v) is 10.6. The van der Waals surface area contributed by atoms with Gasteiger partial charge in [0.15, 0.2) is 5.82 Å². The first-order valence-electron chi connectivity index (χ1n) is 5.66. The van der Waals surface area contributed by atoms with E-state index in [1.807, 2.05) is 0 Å². The number of benzene rings is 1. The van der Waals surface area contributed by atoms with Gasteiger partial charge in [-0.1, -0.05) is 6.07 Å². The molecule has 0 aliphatic heterocycles. The van der Waals surface area contributed by atoms with E-state index in [9.17, 15) is 8.78 Å². The highest BCUT2D eigenvalue weighted by atomic mass is 19.1. The summed E-state index contributed by atoms with van der Waals surface area (Å²) in [4.78, 5) is 1.27. The average Bonchev–Trinajstić information content (AvgIpc) is 2.78. The highest BCUT2D eigenvalue weighted by Crippen LogP contribution is 2.24. The van der Waals surface area contributed by atoms with Gasteiger partial charge in [-0.3, -0.25) is 11.3 Å². The van der Waals surface area contributed by atoms with Crippen LogP contribution in [0.2, 0.25) is 0 Å². The Balaban J connectivity index is 2.34. The molecule has 102 valence electrons. The van der Waals surface area contributed by atoms with Crippen LogP contribution in [0.15, 0.2) is 12.1 Å². The lowest BCUT2D eigenvalue weighted by atomic mass is 10.00. The molecule has 0 saturated heterocycles. The summed E-state index contributed by atoms with van der Waals surface area (Å²) < 4.78 is 27.8. The van der Waals surface area contributed by atoms with E-state index >= 15 is 0 Å². The molecule has 0 amide bonds. The SMILES string of the molecule is Cc1ccc(F)c(C(Cc2nnn(C)n2)NN)c1F. The predicted octanol–water partition coefficient (Wildman–Crippen LogP) is 0.544. The molecule has 0 fully saturated rings. The molecule has 0 saturated carbocycles. The van der Waals surface area contributed by atoms with Crippen molar-refractivity contribution in [1.29, 1.82) is 0 Å². The molecule has 0 bridgehead atoms. The highest BCUT2D eigenvalue weighted by Gasteiger charge is 2.22. The molecule has 2 rings (SSSR count). The average molecular weight is 268 g/mol. The lowest BCUT2D eigenvalue weighted by Gasteiger charge is -2.17. The fourth-order valence-corrected chi connectivity index (χ4v) is 1.83. The smallest absolute Gasteiger partial charge is 0.176 e. The Bertz CT molecular complexity index is 583. The minimum absolute atomic E-state index is 0.116. The second-order valence-electron chi connectivity index (χ2n) is 4.21. The zero-order valence-electron chi connectivity index (χ0n) is 10.6. The van der Waals surface area contributed by atoms with Gasteiger partial charge in [-0.05, 0) is 23.8 Å². The number of nitrogens with zero attached hydrogens (tertiary/aromatic N) is 4. The molecule has 0 aliphatic rings. The molecule has 2 aromatic rings. The normalized spacial score (nSPS) is 12.7. The lowest BCUT2D eigenvalue weighted by Crippen LogP contribution is -2.31. The Kier molecular flexibility index (Phi) is 3.82. The Morgan fingerprint density at radius 2 is 2.16 bits per heavy atom. The lowest BCUT2D eigenvalue weighted by molar-refractivity contribution is 0.464. The fourth-order valence-electron chi connectivity index (χ4n) is 1.83. The molecule has 0 spiro atoms. The largest absolute Gasteiger partial charge is 0.271 e. The summed E-state index contributed by atoms with van der Waals surface area (Å²) in [5.41, 5.74) is 2.62. The number of hydrogen-bond acceptors (Lipinski definition) is 5. The van der Waals surface area contributed by atoms with Gasteiger partial charge < -0.3 is 0 Å². The Labute approximate surface area is 108 Å². The third-order valence-electron chi connectivity index (χ3n) is 2.81. The van der Waals surface area contributed by atoms with Gasteiger partial charge in [0.2, 0.25) is 0 Å². The van der Waals surface area contributed by atoms with Gasteiger partial charge in [0.25, 0.3) is 0 Å². The summed E-state index contributed by atoms with van der Waals surface area (Å²) in [6.07, 6.45) is 0.141. The molecule has 1 aromatic carbocycles. The number of rotatable bonds is 4. The van der Waals surface area contributed by atoms with Gasteiger partial charge in [-0.25, -0.2) is 8.78 Å². The molecule has 3 N–H and O–H groups in total. The predicted molar refractivity (Wildman–Crippen MR) is 63.7 cm³/mol. The van der Waals surface area contributed by atoms with Crippen LogP contribution in [0.4, 0.5) is 8.78 Å². The second-order valence-corrected chi connectivity index (χ2v) is 4.21. The minimum Gasteiger partial charge on any atom is -0.271 e. The third-order valence-corrected chi connectivity index (χ3v) is 2.81. The molecule has 1 aromatic heterocycles. The molecule has 19 heavy (non-hydrogen) atoms. The molecule has 0 radical (unpaired) electrons. The van der Waals surface area contributed by atoms with Crippen LogP contribution in [-0.2, 0) is 13.5 Å². The maximum absolute atomic E-state index is 14.0. The standard InChI is InChI=1S/C11H14F2N6/c1-6-3-4-7(12)10(11(6)13)8(15-14)5-9-16-18-19(2)17-9/h3-4,8,15H,5,14H2,1-2H3. The van der Waals surface area contributed by atoms with Crippen molar-refractivity contribution in [1.82, 2.24) is 25.6 Å². The summed E-state index contributed by atoms with van der Waals surface area (Å²) in [6.45, 7) is 1.56. The number of hydrazine groups is 1. The number of nitrogens with two attached hydrogens (primary N) is 1. The van der Waals surface area contributed by atoms with Crippen LogP contribution >= 0.6 is 0 Å². The van der Waals surface area contributed by atoms with Crippen LogP contribution in [0, 0.1) is 18.6 Å². The third kappa shape index (κ3) is 2.74. The van der Waals surface area contributed by atoms with E-state index in [4.69, 9.17) is 5.84 Å². The second kappa shape index (κ2) is 5.37. The number of aromatic nitrogens is 4. The minimum atomic E-state index is -0.760. The molecule has 6 nitrogen and oxygen atoms in total. The van der Waals surface area contributed by atoms with Crippen molar-refractivity contribution < 1.29 is 8.78 Å². The van der Waals surface area contributed by atoms with Crippen molar-refractivity contribution in [3.05, 3.63) is 40.7 Å². The molecule has 8 heteroatoms. The first kappa shape index (κ1) is 13.5. The number of halogens is 2.